The topological polar surface area (TPSA) is 41.1 Å². The quantitative estimate of drug-likeness (QED) is 0.725. The lowest BCUT2D eigenvalue weighted by Crippen LogP contribution is -2.33. The van der Waals surface area contributed by atoms with Crippen molar-refractivity contribution < 1.29 is 4.79 Å². The monoisotopic (exact) mass is 214 g/mol. The molecule has 2 heterocycles. The Morgan fingerprint density at radius 1 is 1.54 bits per heavy atom. The Morgan fingerprint density at radius 2 is 2.31 bits per heavy atom. The van der Waals surface area contributed by atoms with Crippen molar-refractivity contribution in [3.63, 3.8) is 0 Å². The van der Waals surface area contributed by atoms with Gasteiger partial charge in [0.15, 0.2) is 0 Å². The Labute approximate surface area is 85.4 Å². The minimum Gasteiger partial charge on any atom is -0.372 e. The number of nitrogens with one attached hydrogen (secondary N) is 2. The first kappa shape index (κ1) is 9.02. The van der Waals surface area contributed by atoms with Crippen molar-refractivity contribution in [3.8, 4) is 0 Å². The third-order valence-electron chi connectivity index (χ3n) is 1.74. The maximum atomic E-state index is 11.5. The number of thioether (sulfide) groups is 2. The number of rotatable bonds is 2. The highest BCUT2D eigenvalue weighted by Gasteiger charge is 2.21. The summed E-state index contributed by atoms with van der Waals surface area (Å²) in [5.74, 6) is 0.929. The largest absolute Gasteiger partial charge is 0.372 e. The molecule has 13 heavy (non-hydrogen) atoms. The summed E-state index contributed by atoms with van der Waals surface area (Å²) in [5, 5.41) is 9.85. The summed E-state index contributed by atoms with van der Waals surface area (Å²) in [7, 11) is 0. The first-order valence-corrected chi connectivity index (χ1v) is 5.96. The van der Waals surface area contributed by atoms with Crippen LogP contribution in [0.3, 0.4) is 0 Å². The van der Waals surface area contributed by atoms with E-state index in [0.29, 0.717) is 0 Å². The minimum absolute atomic E-state index is 0.0108. The zero-order chi connectivity index (χ0) is 9.10. The van der Waals surface area contributed by atoms with Crippen LogP contribution in [0.25, 0.3) is 0 Å². The van der Waals surface area contributed by atoms with E-state index in [4.69, 9.17) is 0 Å². The molecule has 0 fully saturated rings. The average molecular weight is 214 g/mol. The second-order valence-corrected chi connectivity index (χ2v) is 5.03. The van der Waals surface area contributed by atoms with E-state index in [1.165, 1.54) is 0 Å². The molecule has 2 aliphatic rings. The van der Waals surface area contributed by atoms with Crippen molar-refractivity contribution in [3.05, 3.63) is 22.7 Å². The number of hydrogen-bond donors (Lipinski definition) is 2. The van der Waals surface area contributed by atoms with Crippen LogP contribution in [-0.2, 0) is 4.79 Å². The van der Waals surface area contributed by atoms with Crippen LogP contribution < -0.4 is 10.6 Å². The predicted molar refractivity (Wildman–Crippen MR) is 57.0 cm³/mol. The Hall–Kier alpha value is -0.550. The highest BCUT2D eigenvalue weighted by Crippen LogP contribution is 2.33. The van der Waals surface area contributed by atoms with E-state index >= 15 is 0 Å². The standard InChI is InChI=1S/C8H10N2OS2/c11-7(8-12-4-5-13-8)10-6-2-1-3-9-6/h2,4-5,8-9H,1,3H2,(H,10,11). The van der Waals surface area contributed by atoms with Gasteiger partial charge < -0.3 is 10.6 Å². The van der Waals surface area contributed by atoms with Crippen LogP contribution >= 0.6 is 23.5 Å². The van der Waals surface area contributed by atoms with Crippen LogP contribution in [-0.4, -0.2) is 17.0 Å². The molecule has 70 valence electrons. The van der Waals surface area contributed by atoms with Crippen molar-refractivity contribution in [1.82, 2.24) is 10.6 Å². The van der Waals surface area contributed by atoms with Gasteiger partial charge in [-0.25, -0.2) is 0 Å². The van der Waals surface area contributed by atoms with Crippen molar-refractivity contribution in [2.75, 3.05) is 6.54 Å². The summed E-state index contributed by atoms with van der Waals surface area (Å²) in [5.41, 5.74) is 0. The molecule has 0 saturated carbocycles. The molecule has 0 aromatic carbocycles. The summed E-state index contributed by atoms with van der Waals surface area (Å²) in [4.78, 5) is 11.5. The maximum Gasteiger partial charge on any atom is 0.249 e. The fourth-order valence-corrected chi connectivity index (χ4v) is 2.95. The van der Waals surface area contributed by atoms with E-state index in [9.17, 15) is 4.79 Å². The Bertz CT molecular complexity index is 267. The van der Waals surface area contributed by atoms with Crippen LogP contribution in [0.4, 0.5) is 0 Å². The van der Waals surface area contributed by atoms with Gasteiger partial charge >= 0.3 is 0 Å². The van der Waals surface area contributed by atoms with Gasteiger partial charge in [-0.15, -0.1) is 23.5 Å². The molecular weight excluding hydrogens is 204 g/mol. The first-order valence-electron chi connectivity index (χ1n) is 4.07. The zero-order valence-electron chi connectivity index (χ0n) is 6.95. The van der Waals surface area contributed by atoms with Crippen LogP contribution in [0.15, 0.2) is 22.7 Å². The second-order valence-electron chi connectivity index (χ2n) is 2.70. The van der Waals surface area contributed by atoms with Gasteiger partial charge in [0, 0.05) is 6.54 Å². The van der Waals surface area contributed by atoms with E-state index in [2.05, 4.69) is 10.6 Å². The third kappa shape index (κ3) is 2.22. The van der Waals surface area contributed by atoms with Gasteiger partial charge in [0.1, 0.15) is 10.4 Å². The molecule has 3 nitrogen and oxygen atoms in total. The highest BCUT2D eigenvalue weighted by molar-refractivity contribution is 8.23. The van der Waals surface area contributed by atoms with Crippen molar-refractivity contribution in [1.29, 1.82) is 0 Å². The molecule has 0 spiro atoms. The summed E-state index contributed by atoms with van der Waals surface area (Å²) in [6.45, 7) is 0.929. The molecule has 0 bridgehead atoms. The Morgan fingerprint density at radius 3 is 2.92 bits per heavy atom. The molecule has 0 unspecified atom stereocenters. The van der Waals surface area contributed by atoms with E-state index in [1.807, 2.05) is 16.9 Å². The fraction of sp³-hybridized carbons (Fsp3) is 0.375. The molecule has 0 atom stereocenters. The summed E-state index contributed by atoms with van der Waals surface area (Å²) in [6.07, 6.45) is 3.01. The number of carbonyl (C=O) groups excluding carboxylic acids is 1. The summed E-state index contributed by atoms with van der Waals surface area (Å²) < 4.78 is -0.0108. The van der Waals surface area contributed by atoms with Crippen molar-refractivity contribution >= 4 is 29.4 Å². The minimum atomic E-state index is -0.0108. The third-order valence-corrected chi connectivity index (χ3v) is 4.09. The van der Waals surface area contributed by atoms with Gasteiger partial charge in [0.2, 0.25) is 5.91 Å². The first-order chi connectivity index (χ1) is 6.36. The van der Waals surface area contributed by atoms with E-state index in [1.54, 1.807) is 23.5 Å². The number of amides is 1. The molecule has 2 N–H and O–H groups in total. The zero-order valence-corrected chi connectivity index (χ0v) is 8.58. The predicted octanol–water partition coefficient (Wildman–Crippen LogP) is 1.21. The van der Waals surface area contributed by atoms with Gasteiger partial charge in [-0.05, 0) is 23.3 Å². The van der Waals surface area contributed by atoms with Crippen molar-refractivity contribution in [2.24, 2.45) is 0 Å². The highest BCUT2D eigenvalue weighted by atomic mass is 32.2. The molecule has 2 rings (SSSR count). The lowest BCUT2D eigenvalue weighted by atomic mass is 10.5. The fourth-order valence-electron chi connectivity index (χ4n) is 1.14. The van der Waals surface area contributed by atoms with Gasteiger partial charge in [0.25, 0.3) is 0 Å². The van der Waals surface area contributed by atoms with Gasteiger partial charge in [-0.3, -0.25) is 4.79 Å². The molecule has 2 aliphatic heterocycles. The lowest BCUT2D eigenvalue weighted by molar-refractivity contribution is -0.118. The molecule has 0 aliphatic carbocycles. The summed E-state index contributed by atoms with van der Waals surface area (Å²) in [6, 6.07) is 0. The van der Waals surface area contributed by atoms with Gasteiger partial charge in [0.05, 0.1) is 0 Å². The van der Waals surface area contributed by atoms with Gasteiger partial charge in [-0.2, -0.15) is 0 Å². The molecule has 0 saturated heterocycles. The van der Waals surface area contributed by atoms with Crippen LogP contribution in [0.5, 0.6) is 0 Å². The normalized spacial score (nSPS) is 21.4. The number of hydrogen-bond acceptors (Lipinski definition) is 4. The maximum absolute atomic E-state index is 11.5. The number of carbonyl (C=O) groups is 1. The molecular formula is C8H10N2OS2. The molecule has 0 radical (unpaired) electrons. The second kappa shape index (κ2) is 4.11. The molecule has 1 amide bonds. The molecule has 0 aromatic rings. The van der Waals surface area contributed by atoms with E-state index in [0.717, 1.165) is 18.8 Å². The SMILES string of the molecule is O=C(NC1=CCCN1)C1SC=CS1. The Kier molecular flexibility index (Phi) is 2.85. The lowest BCUT2D eigenvalue weighted by Gasteiger charge is -2.10. The van der Waals surface area contributed by atoms with E-state index < -0.39 is 0 Å². The molecule has 5 heteroatoms. The average Bonchev–Trinajstić information content (AvgIpc) is 2.74. The van der Waals surface area contributed by atoms with E-state index in [-0.39, 0.29) is 10.5 Å². The van der Waals surface area contributed by atoms with Crippen molar-refractivity contribution in [2.45, 2.75) is 11.0 Å². The smallest absolute Gasteiger partial charge is 0.249 e. The van der Waals surface area contributed by atoms with Gasteiger partial charge in [-0.1, -0.05) is 0 Å². The summed E-state index contributed by atoms with van der Waals surface area (Å²) >= 11 is 3.10. The van der Waals surface area contributed by atoms with Crippen LogP contribution in [0, 0.1) is 0 Å². The van der Waals surface area contributed by atoms with Crippen LogP contribution in [0.1, 0.15) is 6.42 Å². The van der Waals surface area contributed by atoms with Crippen LogP contribution in [0.2, 0.25) is 0 Å². The molecule has 0 aromatic heterocycles. The Balaban J connectivity index is 1.84.